The van der Waals surface area contributed by atoms with Crippen molar-refractivity contribution in [2.45, 2.75) is 38.4 Å². The fraction of sp³-hybridized carbons (Fsp3) is 0.619. The molecule has 1 aromatic carbocycles. The maximum atomic E-state index is 13.0. The monoisotopic (exact) mass is 490 g/mol. The van der Waals surface area contributed by atoms with Gasteiger partial charge in [-0.15, -0.1) is 0 Å². The molecule has 1 amide bonds. The molecule has 0 radical (unpaired) electrons. The number of ether oxygens (including phenoxy) is 1. The summed E-state index contributed by atoms with van der Waals surface area (Å²) in [6.45, 7) is 3.68. The van der Waals surface area contributed by atoms with E-state index in [1.165, 1.54) is 10.4 Å². The van der Waals surface area contributed by atoms with Gasteiger partial charge in [0.25, 0.3) is 0 Å². The first-order valence-electron chi connectivity index (χ1n) is 10.6. The largest absolute Gasteiger partial charge is 0.466 e. The van der Waals surface area contributed by atoms with Crippen LogP contribution in [0.15, 0.2) is 18.2 Å². The van der Waals surface area contributed by atoms with Crippen LogP contribution in [0.5, 0.6) is 0 Å². The topological polar surface area (TPSA) is 84.0 Å². The molecular formula is C21H28Cl2N2O5S. The number of amides is 1. The molecule has 0 unspecified atom stereocenters. The summed E-state index contributed by atoms with van der Waals surface area (Å²) in [5, 5.41) is 0.756. The van der Waals surface area contributed by atoms with Crippen molar-refractivity contribution in [3.8, 4) is 0 Å². The zero-order valence-electron chi connectivity index (χ0n) is 17.6. The van der Waals surface area contributed by atoms with Crippen LogP contribution in [-0.4, -0.2) is 62.3 Å². The van der Waals surface area contributed by atoms with E-state index in [9.17, 15) is 18.0 Å². The van der Waals surface area contributed by atoms with E-state index in [4.69, 9.17) is 27.9 Å². The summed E-state index contributed by atoms with van der Waals surface area (Å²) in [7, 11) is -3.62. The predicted octanol–water partition coefficient (Wildman–Crippen LogP) is 3.34. The molecule has 31 heavy (non-hydrogen) atoms. The van der Waals surface area contributed by atoms with Gasteiger partial charge in [-0.3, -0.25) is 9.59 Å². The van der Waals surface area contributed by atoms with Gasteiger partial charge >= 0.3 is 5.97 Å². The van der Waals surface area contributed by atoms with Crippen LogP contribution in [0.4, 0.5) is 0 Å². The molecule has 2 aliphatic rings. The van der Waals surface area contributed by atoms with Gasteiger partial charge in [-0.2, -0.15) is 0 Å². The zero-order chi connectivity index (χ0) is 22.6. The molecule has 0 aromatic heterocycles. The van der Waals surface area contributed by atoms with Crippen LogP contribution in [0.2, 0.25) is 10.0 Å². The Kier molecular flexibility index (Phi) is 8.24. The van der Waals surface area contributed by atoms with Crippen molar-refractivity contribution in [2.75, 3.05) is 32.8 Å². The van der Waals surface area contributed by atoms with Gasteiger partial charge in [0.1, 0.15) is 0 Å². The predicted molar refractivity (Wildman–Crippen MR) is 119 cm³/mol. The summed E-state index contributed by atoms with van der Waals surface area (Å²) in [5.74, 6) is -1.01. The minimum absolute atomic E-state index is 0.0354. The van der Waals surface area contributed by atoms with E-state index >= 15 is 0 Å². The molecule has 2 fully saturated rings. The van der Waals surface area contributed by atoms with Gasteiger partial charge in [-0.1, -0.05) is 29.3 Å². The Morgan fingerprint density at radius 1 is 1.10 bits per heavy atom. The Hall–Kier alpha value is -1.35. The number of benzene rings is 1. The first kappa shape index (κ1) is 24.3. The molecule has 2 saturated heterocycles. The molecule has 0 spiro atoms. The number of nitrogens with zero attached hydrogens (tertiary/aromatic N) is 2. The number of hydrogen-bond donors (Lipinski definition) is 0. The normalized spacial score (nSPS) is 21.1. The molecule has 3 rings (SSSR count). The lowest BCUT2D eigenvalue weighted by molar-refractivity contribution is -0.152. The van der Waals surface area contributed by atoms with Crippen LogP contribution >= 0.6 is 23.2 Å². The highest BCUT2D eigenvalue weighted by atomic mass is 35.5. The summed E-state index contributed by atoms with van der Waals surface area (Å²) in [5.41, 5.74) is 0.487. The first-order valence-corrected chi connectivity index (χ1v) is 12.9. The quantitative estimate of drug-likeness (QED) is 0.570. The second-order valence-electron chi connectivity index (χ2n) is 8.04. The van der Waals surface area contributed by atoms with Gasteiger partial charge in [-0.25, -0.2) is 12.7 Å². The van der Waals surface area contributed by atoms with Crippen molar-refractivity contribution >= 4 is 45.1 Å². The molecule has 7 nitrogen and oxygen atoms in total. The van der Waals surface area contributed by atoms with Crippen molar-refractivity contribution in [3.63, 3.8) is 0 Å². The van der Waals surface area contributed by atoms with Gasteiger partial charge < -0.3 is 9.64 Å². The summed E-state index contributed by atoms with van der Waals surface area (Å²) in [6.07, 6.45) is 2.44. The first-order chi connectivity index (χ1) is 14.7. The molecule has 2 heterocycles. The SMILES string of the molecule is CCOC(=O)C1CCN(C(=O)[C@@H]2CCCN(S(=O)(=O)Cc3ccc(Cl)cc3Cl)C2)CC1. The smallest absolute Gasteiger partial charge is 0.309 e. The molecule has 2 aliphatic heterocycles. The molecular weight excluding hydrogens is 463 g/mol. The van der Waals surface area contributed by atoms with Crippen LogP contribution < -0.4 is 0 Å². The van der Waals surface area contributed by atoms with Crippen molar-refractivity contribution in [1.82, 2.24) is 9.21 Å². The third-order valence-electron chi connectivity index (χ3n) is 5.91. The Morgan fingerprint density at radius 3 is 2.45 bits per heavy atom. The number of halogens is 2. The summed E-state index contributed by atoms with van der Waals surface area (Å²) >= 11 is 12.0. The lowest BCUT2D eigenvalue weighted by atomic mass is 9.93. The van der Waals surface area contributed by atoms with E-state index in [0.29, 0.717) is 67.5 Å². The fourth-order valence-corrected chi connectivity index (χ4v) is 6.37. The summed E-state index contributed by atoms with van der Waals surface area (Å²) < 4.78 is 32.4. The molecule has 0 N–H and O–H groups in total. The van der Waals surface area contributed by atoms with E-state index in [1.54, 1.807) is 24.0 Å². The second-order valence-corrected chi connectivity index (χ2v) is 10.9. The minimum atomic E-state index is -3.62. The number of likely N-dealkylation sites (tertiary alicyclic amines) is 1. The average molecular weight is 491 g/mol. The third kappa shape index (κ3) is 6.12. The maximum Gasteiger partial charge on any atom is 0.309 e. The Labute approximate surface area is 193 Å². The number of carbonyl (C=O) groups excluding carboxylic acids is 2. The number of hydrogen-bond acceptors (Lipinski definition) is 5. The molecule has 172 valence electrons. The number of esters is 1. The summed E-state index contributed by atoms with van der Waals surface area (Å²) in [4.78, 5) is 26.7. The van der Waals surface area contributed by atoms with Crippen molar-refractivity contribution in [3.05, 3.63) is 33.8 Å². The Balaban J connectivity index is 1.59. The van der Waals surface area contributed by atoms with Gasteiger partial charge in [0.05, 0.1) is 24.2 Å². The zero-order valence-corrected chi connectivity index (χ0v) is 19.9. The Morgan fingerprint density at radius 2 is 1.81 bits per heavy atom. The molecule has 0 bridgehead atoms. The minimum Gasteiger partial charge on any atom is -0.466 e. The van der Waals surface area contributed by atoms with Crippen LogP contribution in [0.25, 0.3) is 0 Å². The van der Waals surface area contributed by atoms with E-state index in [-0.39, 0.29) is 36.0 Å². The van der Waals surface area contributed by atoms with Gasteiger partial charge in [0, 0.05) is 36.2 Å². The van der Waals surface area contributed by atoms with Crippen LogP contribution in [-0.2, 0) is 30.1 Å². The maximum absolute atomic E-state index is 13.0. The van der Waals surface area contributed by atoms with Crippen molar-refractivity contribution in [1.29, 1.82) is 0 Å². The van der Waals surface area contributed by atoms with E-state index in [0.717, 1.165) is 0 Å². The lowest BCUT2D eigenvalue weighted by Gasteiger charge is -2.37. The Bertz CT molecular complexity index is 916. The van der Waals surface area contributed by atoms with E-state index in [1.807, 2.05) is 0 Å². The highest BCUT2D eigenvalue weighted by Crippen LogP contribution is 2.28. The van der Waals surface area contributed by atoms with Crippen molar-refractivity contribution < 1.29 is 22.7 Å². The number of piperidine rings is 2. The second kappa shape index (κ2) is 10.5. The van der Waals surface area contributed by atoms with Crippen LogP contribution in [0.3, 0.4) is 0 Å². The van der Waals surface area contributed by atoms with Crippen LogP contribution in [0.1, 0.15) is 38.2 Å². The standard InChI is InChI=1S/C21H28Cl2N2O5S/c1-2-30-21(27)15-7-10-24(11-8-15)20(26)16-4-3-9-25(13-16)31(28,29)14-17-5-6-18(22)12-19(17)23/h5-6,12,15-16H,2-4,7-11,13-14H2,1H3/t16-/m1/s1. The van der Waals surface area contributed by atoms with Gasteiger partial charge in [0.2, 0.25) is 15.9 Å². The molecule has 10 heteroatoms. The third-order valence-corrected chi connectivity index (χ3v) is 8.29. The number of rotatable bonds is 6. The van der Waals surface area contributed by atoms with Crippen molar-refractivity contribution in [2.24, 2.45) is 11.8 Å². The van der Waals surface area contributed by atoms with Gasteiger partial charge in [0.15, 0.2) is 0 Å². The fourth-order valence-electron chi connectivity index (χ4n) is 4.18. The highest BCUT2D eigenvalue weighted by Gasteiger charge is 2.36. The van der Waals surface area contributed by atoms with E-state index in [2.05, 4.69) is 0 Å². The molecule has 1 atom stereocenters. The highest BCUT2D eigenvalue weighted by molar-refractivity contribution is 7.88. The van der Waals surface area contributed by atoms with E-state index < -0.39 is 10.0 Å². The van der Waals surface area contributed by atoms with Crippen LogP contribution in [0, 0.1) is 11.8 Å². The molecule has 1 aromatic rings. The van der Waals surface area contributed by atoms with Gasteiger partial charge in [-0.05, 0) is 50.3 Å². The lowest BCUT2D eigenvalue weighted by Crippen LogP contribution is -2.49. The summed E-state index contributed by atoms with van der Waals surface area (Å²) in [6, 6.07) is 4.75. The molecule has 0 aliphatic carbocycles. The average Bonchev–Trinajstić information content (AvgIpc) is 2.75. The number of sulfonamides is 1. The molecule has 0 saturated carbocycles. The number of carbonyl (C=O) groups is 2.